The first-order valence-electron chi connectivity index (χ1n) is 8.01. The van der Waals surface area contributed by atoms with E-state index in [0.29, 0.717) is 24.3 Å². The summed E-state index contributed by atoms with van der Waals surface area (Å²) in [4.78, 5) is 25.6. The van der Waals surface area contributed by atoms with Gasteiger partial charge in [0.15, 0.2) is 0 Å². The van der Waals surface area contributed by atoms with Gasteiger partial charge in [-0.2, -0.15) is 0 Å². The lowest BCUT2D eigenvalue weighted by Gasteiger charge is -2.22. The van der Waals surface area contributed by atoms with Crippen molar-refractivity contribution >= 4 is 22.6 Å². The summed E-state index contributed by atoms with van der Waals surface area (Å²) in [5.74, 6) is -2.00. The molecule has 1 unspecified atom stereocenters. The van der Waals surface area contributed by atoms with Gasteiger partial charge in [0.25, 0.3) is 0 Å². The summed E-state index contributed by atoms with van der Waals surface area (Å²) in [5.41, 5.74) is 5.30. The normalized spacial score (nSPS) is 17.4. The van der Waals surface area contributed by atoms with Crippen LogP contribution in [0.1, 0.15) is 22.3 Å². The number of aromatic carboxylic acids is 1. The van der Waals surface area contributed by atoms with Crippen molar-refractivity contribution in [3.8, 4) is 0 Å². The van der Waals surface area contributed by atoms with Crippen LogP contribution in [0.4, 0.5) is 14.5 Å². The van der Waals surface area contributed by atoms with Gasteiger partial charge < -0.3 is 20.3 Å². The molecule has 1 atom stereocenters. The third-order valence-electron chi connectivity index (χ3n) is 4.65. The van der Waals surface area contributed by atoms with Crippen molar-refractivity contribution in [2.45, 2.75) is 25.9 Å². The fraction of sp³-hybridized carbons (Fsp3) is 0.412. The van der Waals surface area contributed by atoms with Crippen LogP contribution in [0.25, 0.3) is 10.9 Å². The molecule has 1 aromatic carbocycles. The zero-order valence-electron chi connectivity index (χ0n) is 13.8. The third kappa shape index (κ3) is 2.86. The fourth-order valence-electron chi connectivity index (χ4n) is 3.36. The molecule has 1 aliphatic heterocycles. The van der Waals surface area contributed by atoms with Crippen molar-refractivity contribution in [3.05, 3.63) is 39.4 Å². The Balaban J connectivity index is 2.33. The van der Waals surface area contributed by atoms with Gasteiger partial charge in [-0.15, -0.1) is 0 Å². The zero-order chi connectivity index (χ0) is 18.3. The molecular weight excluding hydrogens is 332 g/mol. The van der Waals surface area contributed by atoms with E-state index in [0.717, 1.165) is 12.6 Å². The predicted octanol–water partition coefficient (Wildman–Crippen LogP) is 1.65. The van der Waals surface area contributed by atoms with Crippen LogP contribution in [0.5, 0.6) is 0 Å². The SMILES string of the molecule is Cc1c(F)c(N2CCC(N)C2)cc2c1c(=O)c(C(=O)O)cn2CCF. The largest absolute Gasteiger partial charge is 0.477 e. The minimum absolute atomic E-state index is 0.0295. The molecule has 3 rings (SSSR count). The molecule has 2 aromatic rings. The van der Waals surface area contributed by atoms with Crippen LogP contribution in [0.3, 0.4) is 0 Å². The highest BCUT2D eigenvalue weighted by Crippen LogP contribution is 2.31. The van der Waals surface area contributed by atoms with Gasteiger partial charge in [-0.3, -0.25) is 4.79 Å². The lowest BCUT2D eigenvalue weighted by atomic mass is 10.0. The van der Waals surface area contributed by atoms with Crippen LogP contribution < -0.4 is 16.1 Å². The maximum Gasteiger partial charge on any atom is 0.341 e. The second kappa shape index (κ2) is 6.44. The summed E-state index contributed by atoms with van der Waals surface area (Å²) in [6.45, 7) is 1.65. The average Bonchev–Trinajstić information content (AvgIpc) is 2.98. The quantitative estimate of drug-likeness (QED) is 0.874. The number of nitrogens with two attached hydrogens (primary N) is 1. The van der Waals surface area contributed by atoms with E-state index in [1.54, 1.807) is 4.90 Å². The Kier molecular flexibility index (Phi) is 4.47. The number of fused-ring (bicyclic) bond motifs is 1. The number of carbonyl (C=O) groups is 1. The number of hydrogen-bond acceptors (Lipinski definition) is 4. The van der Waals surface area contributed by atoms with Gasteiger partial charge in [0.1, 0.15) is 18.1 Å². The summed E-state index contributed by atoms with van der Waals surface area (Å²) in [5, 5.41) is 9.18. The van der Waals surface area contributed by atoms with Gasteiger partial charge in [-0.25, -0.2) is 13.6 Å². The Morgan fingerprint density at radius 1 is 1.48 bits per heavy atom. The zero-order valence-corrected chi connectivity index (χ0v) is 13.8. The van der Waals surface area contributed by atoms with E-state index >= 15 is 0 Å². The van der Waals surface area contributed by atoms with E-state index in [1.165, 1.54) is 17.6 Å². The molecule has 0 amide bonds. The van der Waals surface area contributed by atoms with Gasteiger partial charge in [0.2, 0.25) is 5.43 Å². The van der Waals surface area contributed by atoms with E-state index in [4.69, 9.17) is 5.73 Å². The van der Waals surface area contributed by atoms with Crippen molar-refractivity contribution < 1.29 is 18.7 Å². The number of anilines is 1. The molecule has 25 heavy (non-hydrogen) atoms. The molecule has 1 aromatic heterocycles. The number of nitrogens with zero attached hydrogens (tertiary/aromatic N) is 2. The Hall–Kier alpha value is -2.48. The molecule has 1 fully saturated rings. The van der Waals surface area contributed by atoms with Gasteiger partial charge in [-0.05, 0) is 19.4 Å². The maximum atomic E-state index is 14.9. The smallest absolute Gasteiger partial charge is 0.341 e. The van der Waals surface area contributed by atoms with Gasteiger partial charge >= 0.3 is 5.97 Å². The molecule has 0 radical (unpaired) electrons. The van der Waals surface area contributed by atoms with Gasteiger partial charge in [0, 0.05) is 30.9 Å². The number of alkyl halides is 1. The van der Waals surface area contributed by atoms with Gasteiger partial charge in [0.05, 0.1) is 23.1 Å². The number of aromatic nitrogens is 1. The molecule has 1 saturated heterocycles. The number of carboxylic acids is 1. The van der Waals surface area contributed by atoms with Crippen molar-refractivity contribution in [2.75, 3.05) is 24.7 Å². The van der Waals surface area contributed by atoms with Crippen molar-refractivity contribution in [1.82, 2.24) is 4.57 Å². The standard InChI is InChI=1S/C17H19F2N3O3/c1-9-14-12(6-13(15(9)19)21-4-2-10(20)7-21)22(5-3-18)8-11(16(14)23)17(24)25/h6,8,10H,2-5,7,20H2,1H3,(H,24,25). The predicted molar refractivity (Wildman–Crippen MR) is 90.6 cm³/mol. The summed E-state index contributed by atoms with van der Waals surface area (Å²) < 4.78 is 29.2. The highest BCUT2D eigenvalue weighted by Gasteiger charge is 2.26. The molecule has 1 aliphatic rings. The lowest BCUT2D eigenvalue weighted by molar-refractivity contribution is 0.0694. The Bertz CT molecular complexity index is 910. The molecule has 3 N–H and O–H groups in total. The highest BCUT2D eigenvalue weighted by atomic mass is 19.1. The molecular formula is C17H19F2N3O3. The van der Waals surface area contributed by atoms with Crippen LogP contribution in [-0.4, -0.2) is 41.4 Å². The first kappa shape index (κ1) is 17.3. The first-order chi connectivity index (χ1) is 11.8. The van der Waals surface area contributed by atoms with Crippen LogP contribution >= 0.6 is 0 Å². The Morgan fingerprint density at radius 3 is 2.76 bits per heavy atom. The number of rotatable bonds is 4. The molecule has 0 saturated carbocycles. The third-order valence-corrected chi connectivity index (χ3v) is 4.65. The highest BCUT2D eigenvalue weighted by molar-refractivity contribution is 5.95. The number of benzene rings is 1. The first-order valence-corrected chi connectivity index (χ1v) is 8.01. The van der Waals surface area contributed by atoms with Crippen LogP contribution in [-0.2, 0) is 6.54 Å². The maximum absolute atomic E-state index is 14.9. The summed E-state index contributed by atoms with van der Waals surface area (Å²) in [7, 11) is 0. The second-order valence-electron chi connectivity index (χ2n) is 6.28. The molecule has 0 spiro atoms. The van der Waals surface area contributed by atoms with Crippen molar-refractivity contribution in [2.24, 2.45) is 5.73 Å². The topological polar surface area (TPSA) is 88.6 Å². The lowest BCUT2D eigenvalue weighted by Crippen LogP contribution is -2.27. The van der Waals surface area contributed by atoms with E-state index in [-0.39, 0.29) is 23.5 Å². The molecule has 6 nitrogen and oxygen atoms in total. The van der Waals surface area contributed by atoms with Crippen LogP contribution in [0.15, 0.2) is 17.1 Å². The van der Waals surface area contributed by atoms with E-state index < -0.39 is 29.5 Å². The average molecular weight is 351 g/mol. The monoisotopic (exact) mass is 351 g/mol. The Labute approximate surface area is 142 Å². The van der Waals surface area contributed by atoms with E-state index in [2.05, 4.69) is 0 Å². The van der Waals surface area contributed by atoms with E-state index in [9.17, 15) is 23.5 Å². The van der Waals surface area contributed by atoms with Crippen LogP contribution in [0.2, 0.25) is 0 Å². The minimum atomic E-state index is -1.42. The Morgan fingerprint density at radius 2 is 2.20 bits per heavy atom. The number of halogens is 2. The fourth-order valence-corrected chi connectivity index (χ4v) is 3.36. The summed E-state index contributed by atoms with van der Waals surface area (Å²) >= 11 is 0. The van der Waals surface area contributed by atoms with Crippen molar-refractivity contribution in [1.29, 1.82) is 0 Å². The summed E-state index contributed by atoms with van der Waals surface area (Å²) in [6.07, 6.45) is 1.84. The van der Waals surface area contributed by atoms with E-state index in [1.807, 2.05) is 0 Å². The molecule has 0 bridgehead atoms. The molecule has 8 heteroatoms. The number of aryl methyl sites for hydroxylation is 2. The summed E-state index contributed by atoms with van der Waals surface area (Å²) in [6, 6.07) is 1.43. The number of hydrogen-bond donors (Lipinski definition) is 2. The number of pyridine rings is 1. The molecule has 134 valence electrons. The van der Waals surface area contributed by atoms with Gasteiger partial charge in [-0.1, -0.05) is 0 Å². The number of carboxylic acid groups (broad SMARTS) is 1. The van der Waals surface area contributed by atoms with Crippen LogP contribution in [0, 0.1) is 12.7 Å². The van der Waals surface area contributed by atoms with Crippen molar-refractivity contribution in [3.63, 3.8) is 0 Å². The molecule has 2 heterocycles. The minimum Gasteiger partial charge on any atom is -0.477 e. The second-order valence-corrected chi connectivity index (χ2v) is 6.28. The molecule has 0 aliphatic carbocycles.